The molecule has 1 aromatic carbocycles. The van der Waals surface area contributed by atoms with E-state index in [1.54, 1.807) is 19.1 Å². The summed E-state index contributed by atoms with van der Waals surface area (Å²) in [7, 11) is 0. The highest BCUT2D eigenvalue weighted by Gasteiger charge is 2.23. The molecule has 0 aromatic heterocycles. The van der Waals surface area contributed by atoms with Crippen molar-refractivity contribution in [2.75, 3.05) is 6.54 Å². The summed E-state index contributed by atoms with van der Waals surface area (Å²) in [6, 6.07) is 4.55. The van der Waals surface area contributed by atoms with Crippen molar-refractivity contribution in [2.24, 2.45) is 0 Å². The van der Waals surface area contributed by atoms with E-state index in [4.69, 9.17) is 0 Å². The van der Waals surface area contributed by atoms with E-state index in [-0.39, 0.29) is 17.8 Å². The molecular formula is C12H16N2O4. The topological polar surface area (TPSA) is 92.5 Å². The van der Waals surface area contributed by atoms with Crippen LogP contribution in [-0.2, 0) is 0 Å². The molecular weight excluding hydrogens is 236 g/mol. The maximum atomic E-state index is 11.8. The standard InChI is InChI=1S/C12H16N2O4/c1-8-5-4-6-9(10(8)14(17)18)11(15)13-7-12(2,3)16/h4-6,16H,7H2,1-3H3,(H,13,15). The van der Waals surface area contributed by atoms with Gasteiger partial charge in [-0.2, -0.15) is 0 Å². The Labute approximate surface area is 105 Å². The molecule has 0 aliphatic rings. The number of nitro benzene ring substituents is 1. The highest BCUT2D eigenvalue weighted by Crippen LogP contribution is 2.22. The van der Waals surface area contributed by atoms with E-state index < -0.39 is 16.4 Å². The number of amides is 1. The number of aliphatic hydroxyl groups is 1. The number of nitrogens with one attached hydrogen (secondary N) is 1. The highest BCUT2D eigenvalue weighted by atomic mass is 16.6. The Balaban J connectivity index is 3.00. The predicted octanol–water partition coefficient (Wildman–Crippen LogP) is 1.40. The van der Waals surface area contributed by atoms with Gasteiger partial charge >= 0.3 is 0 Å². The zero-order valence-electron chi connectivity index (χ0n) is 10.6. The van der Waals surface area contributed by atoms with Gasteiger partial charge in [0, 0.05) is 12.1 Å². The van der Waals surface area contributed by atoms with Gasteiger partial charge in [-0.1, -0.05) is 12.1 Å². The van der Waals surface area contributed by atoms with Gasteiger partial charge in [-0.15, -0.1) is 0 Å². The second-order valence-electron chi connectivity index (χ2n) is 4.72. The zero-order chi connectivity index (χ0) is 13.9. The lowest BCUT2D eigenvalue weighted by Gasteiger charge is -2.17. The Kier molecular flexibility index (Phi) is 4.03. The van der Waals surface area contributed by atoms with Gasteiger partial charge in [0.2, 0.25) is 0 Å². The van der Waals surface area contributed by atoms with Crippen LogP contribution < -0.4 is 5.32 Å². The molecule has 1 aromatic rings. The Bertz CT molecular complexity index is 477. The quantitative estimate of drug-likeness (QED) is 0.625. The van der Waals surface area contributed by atoms with Gasteiger partial charge in [0.25, 0.3) is 11.6 Å². The molecule has 0 radical (unpaired) electrons. The molecule has 0 fully saturated rings. The number of rotatable bonds is 4. The normalized spacial score (nSPS) is 11.1. The molecule has 0 aliphatic carbocycles. The minimum atomic E-state index is -1.06. The first kappa shape index (κ1) is 14.1. The van der Waals surface area contributed by atoms with Crippen molar-refractivity contribution in [3.8, 4) is 0 Å². The van der Waals surface area contributed by atoms with Crippen molar-refractivity contribution in [3.05, 3.63) is 39.4 Å². The SMILES string of the molecule is Cc1cccc(C(=O)NCC(C)(C)O)c1[N+](=O)[O-]. The number of carbonyl (C=O) groups excluding carboxylic acids is 1. The maximum Gasteiger partial charge on any atom is 0.285 e. The van der Waals surface area contributed by atoms with Crippen LogP contribution in [-0.4, -0.2) is 28.1 Å². The number of nitrogens with zero attached hydrogens (tertiary/aromatic N) is 1. The fraction of sp³-hybridized carbons (Fsp3) is 0.417. The fourth-order valence-electron chi connectivity index (χ4n) is 1.48. The van der Waals surface area contributed by atoms with E-state index in [0.717, 1.165) is 0 Å². The summed E-state index contributed by atoms with van der Waals surface area (Å²) in [4.78, 5) is 22.2. The van der Waals surface area contributed by atoms with Gasteiger partial charge in [0.15, 0.2) is 0 Å². The van der Waals surface area contributed by atoms with Crippen LogP contribution in [0.5, 0.6) is 0 Å². The number of hydrogen-bond acceptors (Lipinski definition) is 4. The average molecular weight is 252 g/mol. The third-order valence-electron chi connectivity index (χ3n) is 2.35. The van der Waals surface area contributed by atoms with Crippen molar-refractivity contribution in [1.82, 2.24) is 5.32 Å². The lowest BCUT2D eigenvalue weighted by molar-refractivity contribution is -0.385. The predicted molar refractivity (Wildman–Crippen MR) is 66.5 cm³/mol. The fourth-order valence-corrected chi connectivity index (χ4v) is 1.48. The first-order valence-electron chi connectivity index (χ1n) is 5.47. The monoisotopic (exact) mass is 252 g/mol. The lowest BCUT2D eigenvalue weighted by atomic mass is 10.1. The van der Waals surface area contributed by atoms with E-state index in [9.17, 15) is 20.0 Å². The Morgan fingerprint density at radius 3 is 2.61 bits per heavy atom. The number of para-hydroxylation sites is 1. The van der Waals surface area contributed by atoms with Crippen LogP contribution in [0.3, 0.4) is 0 Å². The Morgan fingerprint density at radius 1 is 1.50 bits per heavy atom. The second-order valence-corrected chi connectivity index (χ2v) is 4.72. The van der Waals surface area contributed by atoms with Gasteiger partial charge in [0.05, 0.1) is 10.5 Å². The van der Waals surface area contributed by atoms with Crippen LogP contribution in [0.15, 0.2) is 18.2 Å². The van der Waals surface area contributed by atoms with E-state index in [2.05, 4.69) is 5.32 Å². The van der Waals surface area contributed by atoms with Crippen molar-refractivity contribution < 1.29 is 14.8 Å². The molecule has 18 heavy (non-hydrogen) atoms. The van der Waals surface area contributed by atoms with E-state index >= 15 is 0 Å². The summed E-state index contributed by atoms with van der Waals surface area (Å²) in [6.45, 7) is 4.68. The molecule has 0 atom stereocenters. The van der Waals surface area contributed by atoms with Crippen molar-refractivity contribution in [1.29, 1.82) is 0 Å². The van der Waals surface area contributed by atoms with E-state index in [0.29, 0.717) is 5.56 Å². The molecule has 1 amide bonds. The third kappa shape index (κ3) is 3.53. The van der Waals surface area contributed by atoms with Crippen LogP contribution in [0, 0.1) is 17.0 Å². The number of carbonyl (C=O) groups is 1. The van der Waals surface area contributed by atoms with Gasteiger partial charge < -0.3 is 10.4 Å². The first-order chi connectivity index (χ1) is 8.22. The summed E-state index contributed by atoms with van der Waals surface area (Å²) in [6.07, 6.45) is 0. The molecule has 0 heterocycles. The van der Waals surface area contributed by atoms with Gasteiger partial charge in [-0.25, -0.2) is 0 Å². The summed E-state index contributed by atoms with van der Waals surface area (Å²) in [5, 5.41) is 22.9. The molecule has 1 rings (SSSR count). The summed E-state index contributed by atoms with van der Waals surface area (Å²) in [5.41, 5.74) is -0.834. The van der Waals surface area contributed by atoms with Crippen LogP contribution in [0.25, 0.3) is 0 Å². The number of benzene rings is 1. The summed E-state index contributed by atoms with van der Waals surface area (Å²) in [5.74, 6) is -0.562. The molecule has 0 saturated heterocycles. The molecule has 0 aliphatic heterocycles. The average Bonchev–Trinajstić information content (AvgIpc) is 2.24. The lowest BCUT2D eigenvalue weighted by Crippen LogP contribution is -2.38. The maximum absolute atomic E-state index is 11.8. The molecule has 6 heteroatoms. The Morgan fingerprint density at radius 2 is 2.11 bits per heavy atom. The zero-order valence-corrected chi connectivity index (χ0v) is 10.6. The summed E-state index contributed by atoms with van der Waals surface area (Å²) >= 11 is 0. The number of hydrogen-bond donors (Lipinski definition) is 2. The molecule has 6 nitrogen and oxygen atoms in total. The van der Waals surface area contributed by atoms with Crippen LogP contribution in [0.4, 0.5) is 5.69 Å². The smallest absolute Gasteiger partial charge is 0.285 e. The molecule has 0 bridgehead atoms. The minimum absolute atomic E-state index is 0.00394. The number of nitro groups is 1. The van der Waals surface area contributed by atoms with Gasteiger partial charge in [-0.3, -0.25) is 14.9 Å². The van der Waals surface area contributed by atoms with Crippen LogP contribution in [0.2, 0.25) is 0 Å². The van der Waals surface area contributed by atoms with Crippen LogP contribution >= 0.6 is 0 Å². The van der Waals surface area contributed by atoms with Gasteiger partial charge in [-0.05, 0) is 26.8 Å². The number of aryl methyl sites for hydroxylation is 1. The molecule has 2 N–H and O–H groups in total. The van der Waals surface area contributed by atoms with Crippen molar-refractivity contribution >= 4 is 11.6 Å². The first-order valence-corrected chi connectivity index (χ1v) is 5.47. The van der Waals surface area contributed by atoms with Crippen LogP contribution in [0.1, 0.15) is 29.8 Å². The largest absolute Gasteiger partial charge is 0.389 e. The summed E-state index contributed by atoms with van der Waals surface area (Å²) < 4.78 is 0. The molecule has 0 saturated carbocycles. The molecule has 0 spiro atoms. The minimum Gasteiger partial charge on any atom is -0.389 e. The Hall–Kier alpha value is -1.95. The second kappa shape index (κ2) is 5.14. The van der Waals surface area contributed by atoms with Crippen molar-refractivity contribution in [3.63, 3.8) is 0 Å². The highest BCUT2D eigenvalue weighted by molar-refractivity contribution is 5.98. The van der Waals surface area contributed by atoms with Gasteiger partial charge in [0.1, 0.15) is 5.56 Å². The molecule has 0 unspecified atom stereocenters. The third-order valence-corrected chi connectivity index (χ3v) is 2.35. The molecule has 98 valence electrons. The van der Waals surface area contributed by atoms with E-state index in [1.165, 1.54) is 19.9 Å². The van der Waals surface area contributed by atoms with Crippen molar-refractivity contribution in [2.45, 2.75) is 26.4 Å². The van der Waals surface area contributed by atoms with E-state index in [1.807, 2.05) is 0 Å².